The lowest BCUT2D eigenvalue weighted by Gasteiger charge is -2.20. The number of aromatic nitrogens is 1. The molecule has 1 heterocycles. The lowest BCUT2D eigenvalue weighted by molar-refractivity contribution is 0.398. The molecular formula is C14H20BrFN2OS. The van der Waals surface area contributed by atoms with Crippen molar-refractivity contribution in [2.45, 2.75) is 51.5 Å². The normalized spacial score (nSPS) is 16.1. The summed E-state index contributed by atoms with van der Waals surface area (Å²) in [6.45, 7) is 7.34. The molecule has 6 heteroatoms. The molecule has 2 atom stereocenters. The molecule has 0 fully saturated rings. The van der Waals surface area contributed by atoms with E-state index in [-0.39, 0.29) is 5.71 Å². The number of alkyl halides is 1. The van der Waals surface area contributed by atoms with Crippen molar-refractivity contribution in [3.05, 3.63) is 28.5 Å². The zero-order chi connectivity index (χ0) is 15.3. The van der Waals surface area contributed by atoms with Crippen molar-refractivity contribution >= 4 is 33.0 Å². The first-order valence-corrected chi connectivity index (χ1v) is 8.43. The summed E-state index contributed by atoms with van der Waals surface area (Å²) in [7, 11) is 0. The molecule has 0 saturated carbocycles. The molecule has 0 bridgehead atoms. The van der Waals surface area contributed by atoms with Crippen molar-refractivity contribution in [2.75, 3.05) is 0 Å². The number of hydrogen-bond donors (Lipinski definition) is 0. The predicted octanol–water partition coefficient (Wildman–Crippen LogP) is 4.23. The minimum absolute atomic E-state index is 0.168. The molecule has 1 rings (SSSR count). The van der Waals surface area contributed by atoms with E-state index in [1.54, 1.807) is 18.2 Å². The lowest BCUT2D eigenvalue weighted by Crippen LogP contribution is -2.29. The minimum atomic E-state index is -1.51. The van der Waals surface area contributed by atoms with Crippen LogP contribution in [0.25, 0.3) is 0 Å². The smallest absolute Gasteiger partial charge is 0.151 e. The van der Waals surface area contributed by atoms with Crippen LogP contribution < -0.4 is 0 Å². The summed E-state index contributed by atoms with van der Waals surface area (Å²) in [5.41, 5.74) is 0.597. The Labute approximate surface area is 131 Å². The van der Waals surface area contributed by atoms with Crippen molar-refractivity contribution < 1.29 is 8.94 Å². The average Bonchev–Trinajstić information content (AvgIpc) is 2.34. The molecule has 0 aliphatic heterocycles. The van der Waals surface area contributed by atoms with Crippen LogP contribution in [0.5, 0.6) is 0 Å². The Morgan fingerprint density at radius 1 is 1.50 bits per heavy atom. The van der Waals surface area contributed by atoms with Gasteiger partial charge in [-0.05, 0) is 55.3 Å². The van der Waals surface area contributed by atoms with Crippen LogP contribution in [0, 0.1) is 0 Å². The first-order valence-electron chi connectivity index (χ1n) is 6.53. The Morgan fingerprint density at radius 3 is 2.65 bits per heavy atom. The third kappa shape index (κ3) is 5.14. The molecule has 112 valence electrons. The van der Waals surface area contributed by atoms with Crippen LogP contribution in [0.15, 0.2) is 27.2 Å². The van der Waals surface area contributed by atoms with Gasteiger partial charge in [0.1, 0.15) is 26.9 Å². The number of nitrogens with zero attached hydrogens (tertiary/aromatic N) is 2. The van der Waals surface area contributed by atoms with Gasteiger partial charge in [0.25, 0.3) is 0 Å². The molecule has 1 unspecified atom stereocenters. The zero-order valence-corrected chi connectivity index (χ0v) is 14.6. The topological polar surface area (TPSA) is 48.3 Å². The maximum absolute atomic E-state index is 14.3. The van der Waals surface area contributed by atoms with Gasteiger partial charge < -0.3 is 4.55 Å². The molecule has 20 heavy (non-hydrogen) atoms. The molecule has 0 radical (unpaired) electrons. The van der Waals surface area contributed by atoms with E-state index in [1.807, 2.05) is 27.7 Å². The van der Waals surface area contributed by atoms with Gasteiger partial charge in [0, 0.05) is 0 Å². The van der Waals surface area contributed by atoms with Crippen LogP contribution in [-0.4, -0.2) is 26.2 Å². The number of rotatable bonds is 5. The van der Waals surface area contributed by atoms with Gasteiger partial charge >= 0.3 is 0 Å². The Kier molecular flexibility index (Phi) is 6.61. The molecule has 1 aromatic heterocycles. The van der Waals surface area contributed by atoms with Gasteiger partial charge in [-0.25, -0.2) is 9.37 Å². The highest BCUT2D eigenvalue weighted by atomic mass is 79.9. The van der Waals surface area contributed by atoms with E-state index in [2.05, 4.69) is 25.3 Å². The second kappa shape index (κ2) is 7.52. The standard InChI is InChI=1S/C14H20BrFN2OS/c1-5-7-10(16)13(18-20(19)14(2,3)4)11-8-6-9-12(15)17-11/h6,8-10H,5,7H2,1-4H3/b18-13-/t10?,20-/m1/s1. The zero-order valence-electron chi connectivity index (χ0n) is 12.2. The second-order valence-electron chi connectivity index (χ2n) is 5.44. The van der Waals surface area contributed by atoms with E-state index < -0.39 is 22.3 Å². The summed E-state index contributed by atoms with van der Waals surface area (Å²) >= 11 is 1.75. The third-order valence-electron chi connectivity index (χ3n) is 2.52. The van der Waals surface area contributed by atoms with Gasteiger partial charge in [-0.3, -0.25) is 0 Å². The molecule has 0 aromatic carbocycles. The number of pyridine rings is 1. The largest absolute Gasteiger partial charge is 0.591 e. The SMILES string of the molecule is CCCC(F)/C(=N/[S@+]([O-])C(C)(C)C)c1cccc(Br)n1. The van der Waals surface area contributed by atoms with Crippen molar-refractivity contribution in [3.8, 4) is 0 Å². The third-order valence-corrected chi connectivity index (χ3v) is 4.37. The molecule has 0 amide bonds. The fourth-order valence-electron chi connectivity index (χ4n) is 1.43. The maximum Gasteiger partial charge on any atom is 0.151 e. The molecule has 3 nitrogen and oxygen atoms in total. The fraction of sp³-hybridized carbons (Fsp3) is 0.571. The summed E-state index contributed by atoms with van der Waals surface area (Å²) in [4.78, 5) is 4.22. The van der Waals surface area contributed by atoms with Gasteiger partial charge in [0.2, 0.25) is 0 Å². The van der Waals surface area contributed by atoms with Gasteiger partial charge in [-0.2, -0.15) is 0 Å². The van der Waals surface area contributed by atoms with Gasteiger partial charge in [0.05, 0.1) is 5.69 Å². The monoisotopic (exact) mass is 362 g/mol. The molecule has 0 spiro atoms. The summed E-state index contributed by atoms with van der Waals surface area (Å²) < 4.78 is 30.7. The van der Waals surface area contributed by atoms with Gasteiger partial charge in [-0.1, -0.05) is 23.8 Å². The van der Waals surface area contributed by atoms with Crippen LogP contribution in [0.1, 0.15) is 46.2 Å². The predicted molar refractivity (Wildman–Crippen MR) is 86.2 cm³/mol. The molecule has 0 saturated heterocycles. The maximum atomic E-state index is 14.3. The Bertz CT molecular complexity index is 476. The van der Waals surface area contributed by atoms with E-state index >= 15 is 0 Å². The lowest BCUT2D eigenvalue weighted by atomic mass is 10.1. The highest BCUT2D eigenvalue weighted by Gasteiger charge is 2.30. The first kappa shape index (κ1) is 17.6. The molecular weight excluding hydrogens is 343 g/mol. The number of hydrogen-bond acceptors (Lipinski definition) is 3. The van der Waals surface area contributed by atoms with E-state index in [0.29, 0.717) is 23.1 Å². The van der Waals surface area contributed by atoms with Crippen LogP contribution in [0.4, 0.5) is 4.39 Å². The summed E-state index contributed by atoms with van der Waals surface area (Å²) in [5, 5.41) is 0. The highest BCUT2D eigenvalue weighted by Crippen LogP contribution is 2.21. The summed E-state index contributed by atoms with van der Waals surface area (Å²) in [6.07, 6.45) is -0.224. The molecule has 0 aliphatic carbocycles. The van der Waals surface area contributed by atoms with E-state index in [9.17, 15) is 8.94 Å². The van der Waals surface area contributed by atoms with Crippen molar-refractivity contribution in [3.63, 3.8) is 0 Å². The Hall–Kier alpha value is -0.460. The van der Waals surface area contributed by atoms with E-state index in [0.717, 1.165) is 0 Å². The van der Waals surface area contributed by atoms with Crippen molar-refractivity contribution in [1.29, 1.82) is 0 Å². The minimum Gasteiger partial charge on any atom is -0.591 e. The van der Waals surface area contributed by atoms with E-state index in [1.165, 1.54) is 0 Å². The highest BCUT2D eigenvalue weighted by molar-refractivity contribution is 9.10. The quantitative estimate of drug-likeness (QED) is 0.446. The fourth-order valence-corrected chi connectivity index (χ4v) is 2.44. The van der Waals surface area contributed by atoms with Gasteiger partial charge in [0.15, 0.2) is 5.71 Å². The molecule has 0 N–H and O–H groups in total. The van der Waals surface area contributed by atoms with Crippen LogP contribution in [0.3, 0.4) is 0 Å². The summed E-state index contributed by atoms with van der Waals surface area (Å²) in [5.74, 6) is 0. The first-order chi connectivity index (χ1) is 9.25. The van der Waals surface area contributed by atoms with Crippen molar-refractivity contribution in [1.82, 2.24) is 4.98 Å². The molecule has 1 aromatic rings. The van der Waals surface area contributed by atoms with Crippen LogP contribution in [0.2, 0.25) is 0 Å². The Morgan fingerprint density at radius 2 is 2.15 bits per heavy atom. The summed E-state index contributed by atoms with van der Waals surface area (Å²) in [6, 6.07) is 5.21. The van der Waals surface area contributed by atoms with Crippen LogP contribution >= 0.6 is 15.9 Å². The van der Waals surface area contributed by atoms with Crippen LogP contribution in [-0.2, 0) is 11.4 Å². The van der Waals surface area contributed by atoms with E-state index in [4.69, 9.17) is 0 Å². The second-order valence-corrected chi connectivity index (χ2v) is 8.16. The number of halogens is 2. The average molecular weight is 363 g/mol. The van der Waals surface area contributed by atoms with Gasteiger partial charge in [-0.15, -0.1) is 0 Å². The molecule has 0 aliphatic rings. The Balaban J connectivity index is 3.18. The van der Waals surface area contributed by atoms with Crippen molar-refractivity contribution in [2.24, 2.45) is 4.40 Å².